The highest BCUT2D eigenvalue weighted by molar-refractivity contribution is 6.48. The van der Waals surface area contributed by atoms with Gasteiger partial charge in [0, 0.05) is 10.6 Å². The fourth-order valence-corrected chi connectivity index (χ4v) is 2.61. The maximum absolute atomic E-state index is 12.6. The molecule has 1 atom stereocenters. The molecule has 0 aliphatic carbocycles. The number of carbonyl (C=O) groups is 1. The molecule has 1 amide bonds. The second-order valence-corrected chi connectivity index (χ2v) is 8.10. The van der Waals surface area contributed by atoms with Gasteiger partial charge in [-0.15, -0.1) is 4.99 Å². The second-order valence-electron chi connectivity index (χ2n) is 5.90. The lowest BCUT2D eigenvalue weighted by Gasteiger charge is -2.29. The molecule has 7 nitrogen and oxygen atoms in total. The Labute approximate surface area is 183 Å². The number of anilines is 1. The number of amides is 1. The SMILES string of the molecule is COc1ccccc1N/C(=N\C#N)NC(NC(=O)c1ccc(Cl)cc1)C(C)(Cl)Cl. The predicted molar refractivity (Wildman–Crippen MR) is 116 cm³/mol. The maximum atomic E-state index is 12.6. The van der Waals surface area contributed by atoms with Crippen molar-refractivity contribution in [2.45, 2.75) is 17.4 Å². The zero-order chi connectivity index (χ0) is 21.4. The van der Waals surface area contributed by atoms with E-state index in [9.17, 15) is 4.79 Å². The van der Waals surface area contributed by atoms with Crippen molar-refractivity contribution in [1.29, 1.82) is 5.26 Å². The number of rotatable bonds is 6. The molecule has 0 aliphatic heterocycles. The number of aliphatic imine (C=N–C) groups is 1. The quantitative estimate of drug-likeness (QED) is 0.200. The number of benzene rings is 2. The fraction of sp³-hybridized carbons (Fsp3) is 0.211. The summed E-state index contributed by atoms with van der Waals surface area (Å²) in [5, 5.41) is 18.0. The van der Waals surface area contributed by atoms with E-state index in [1.807, 2.05) is 0 Å². The number of halogens is 3. The molecule has 3 N–H and O–H groups in total. The van der Waals surface area contributed by atoms with Gasteiger partial charge in [-0.2, -0.15) is 5.26 Å². The topological polar surface area (TPSA) is 98.5 Å². The number of ether oxygens (including phenoxy) is 1. The van der Waals surface area contributed by atoms with Crippen LogP contribution in [-0.4, -0.2) is 29.5 Å². The fourth-order valence-electron chi connectivity index (χ4n) is 2.26. The number of guanidine groups is 1. The highest BCUT2D eigenvalue weighted by Gasteiger charge is 2.32. The van der Waals surface area contributed by atoms with E-state index in [0.29, 0.717) is 22.0 Å². The van der Waals surface area contributed by atoms with Gasteiger partial charge in [-0.1, -0.05) is 46.9 Å². The van der Waals surface area contributed by atoms with Crippen LogP contribution in [-0.2, 0) is 0 Å². The van der Waals surface area contributed by atoms with Crippen LogP contribution in [0.4, 0.5) is 5.69 Å². The van der Waals surface area contributed by atoms with E-state index in [-0.39, 0.29) is 5.96 Å². The van der Waals surface area contributed by atoms with Crippen molar-refractivity contribution in [2.75, 3.05) is 12.4 Å². The lowest BCUT2D eigenvalue weighted by Crippen LogP contribution is -2.57. The Morgan fingerprint density at radius 1 is 1.17 bits per heavy atom. The summed E-state index contributed by atoms with van der Waals surface area (Å²) in [7, 11) is 1.51. The van der Waals surface area contributed by atoms with E-state index in [2.05, 4.69) is 20.9 Å². The first kappa shape index (κ1) is 22.6. The molecule has 0 aliphatic rings. The predicted octanol–water partition coefficient (Wildman–Crippen LogP) is 4.14. The van der Waals surface area contributed by atoms with Crippen LogP contribution >= 0.6 is 34.8 Å². The van der Waals surface area contributed by atoms with Crippen LogP contribution < -0.4 is 20.7 Å². The zero-order valence-corrected chi connectivity index (χ0v) is 17.8. The maximum Gasteiger partial charge on any atom is 0.252 e. The molecular weight excluding hydrogens is 437 g/mol. The third-order valence-electron chi connectivity index (χ3n) is 3.69. The van der Waals surface area contributed by atoms with Crippen LogP contribution in [0, 0.1) is 11.5 Å². The number of alkyl halides is 2. The molecule has 2 aromatic rings. The monoisotopic (exact) mass is 453 g/mol. The second kappa shape index (κ2) is 10.2. The van der Waals surface area contributed by atoms with Crippen molar-refractivity contribution in [3.05, 3.63) is 59.1 Å². The number of nitrogens with zero attached hydrogens (tertiary/aromatic N) is 2. The third kappa shape index (κ3) is 6.71. The van der Waals surface area contributed by atoms with Crippen molar-refractivity contribution in [2.24, 2.45) is 4.99 Å². The normalized spacial score (nSPS) is 12.5. The van der Waals surface area contributed by atoms with Crippen LogP contribution in [0.25, 0.3) is 0 Å². The molecule has 2 rings (SSSR count). The van der Waals surface area contributed by atoms with E-state index in [1.54, 1.807) is 54.7 Å². The molecule has 0 spiro atoms. The van der Waals surface area contributed by atoms with Gasteiger partial charge in [0.1, 0.15) is 11.9 Å². The van der Waals surface area contributed by atoms with Crippen molar-refractivity contribution in [3.63, 3.8) is 0 Å². The van der Waals surface area contributed by atoms with Gasteiger partial charge in [0.15, 0.2) is 4.33 Å². The summed E-state index contributed by atoms with van der Waals surface area (Å²) in [5.74, 6) is 0.104. The summed E-state index contributed by atoms with van der Waals surface area (Å²) < 4.78 is 3.82. The lowest BCUT2D eigenvalue weighted by atomic mass is 10.2. The Balaban J connectivity index is 2.22. The number of nitriles is 1. The van der Waals surface area contributed by atoms with Crippen LogP contribution in [0.2, 0.25) is 5.02 Å². The van der Waals surface area contributed by atoms with E-state index in [1.165, 1.54) is 14.0 Å². The van der Waals surface area contributed by atoms with E-state index >= 15 is 0 Å². The number of para-hydroxylation sites is 2. The Morgan fingerprint density at radius 2 is 1.83 bits per heavy atom. The Morgan fingerprint density at radius 3 is 2.41 bits per heavy atom. The molecule has 0 bridgehead atoms. The molecule has 0 saturated heterocycles. The highest BCUT2D eigenvalue weighted by Crippen LogP contribution is 2.25. The minimum absolute atomic E-state index is 0.0194. The molecule has 0 heterocycles. The van der Waals surface area contributed by atoms with Crippen LogP contribution in [0.5, 0.6) is 5.75 Å². The van der Waals surface area contributed by atoms with E-state index in [0.717, 1.165) is 0 Å². The van der Waals surface area contributed by atoms with Gasteiger partial charge in [0.25, 0.3) is 5.91 Å². The number of methoxy groups -OCH3 is 1. The van der Waals surface area contributed by atoms with Gasteiger partial charge < -0.3 is 20.7 Å². The molecule has 0 saturated carbocycles. The summed E-state index contributed by atoms with van der Waals surface area (Å²) in [6.07, 6.45) is 0.685. The van der Waals surface area contributed by atoms with Crippen molar-refractivity contribution in [3.8, 4) is 11.9 Å². The van der Waals surface area contributed by atoms with Gasteiger partial charge in [0.2, 0.25) is 12.2 Å². The Bertz CT molecular complexity index is 921. The van der Waals surface area contributed by atoms with Crippen LogP contribution in [0.1, 0.15) is 17.3 Å². The summed E-state index contributed by atoms with van der Waals surface area (Å²) in [5.41, 5.74) is 0.903. The molecule has 0 fully saturated rings. The number of hydrogen-bond donors (Lipinski definition) is 3. The highest BCUT2D eigenvalue weighted by atomic mass is 35.5. The van der Waals surface area contributed by atoms with Crippen molar-refractivity contribution >= 4 is 52.4 Å². The van der Waals surface area contributed by atoms with Gasteiger partial charge in [-0.3, -0.25) is 4.79 Å². The lowest BCUT2D eigenvalue weighted by molar-refractivity contribution is 0.0931. The summed E-state index contributed by atoms with van der Waals surface area (Å²) in [4.78, 5) is 16.3. The number of nitrogens with one attached hydrogen (secondary N) is 3. The van der Waals surface area contributed by atoms with Gasteiger partial charge in [-0.05, 0) is 43.3 Å². The van der Waals surface area contributed by atoms with E-state index in [4.69, 9.17) is 44.8 Å². The number of hydrogen-bond acceptors (Lipinski definition) is 4. The minimum atomic E-state index is -1.44. The summed E-state index contributed by atoms with van der Waals surface area (Å²) in [6, 6.07) is 13.3. The molecule has 1 unspecified atom stereocenters. The molecule has 0 aromatic heterocycles. The van der Waals surface area contributed by atoms with Gasteiger partial charge >= 0.3 is 0 Å². The molecular formula is C19H18Cl3N5O2. The number of carbonyl (C=O) groups excluding carboxylic acids is 1. The third-order valence-corrected chi connectivity index (χ3v) is 4.38. The smallest absolute Gasteiger partial charge is 0.252 e. The summed E-state index contributed by atoms with van der Waals surface area (Å²) >= 11 is 18.3. The Kier molecular flexibility index (Phi) is 7.97. The minimum Gasteiger partial charge on any atom is -0.495 e. The van der Waals surface area contributed by atoms with Crippen LogP contribution in [0.15, 0.2) is 53.5 Å². The molecule has 10 heteroatoms. The average molecular weight is 455 g/mol. The molecule has 2 aromatic carbocycles. The van der Waals surface area contributed by atoms with Gasteiger partial charge in [0.05, 0.1) is 12.8 Å². The van der Waals surface area contributed by atoms with Crippen molar-refractivity contribution in [1.82, 2.24) is 10.6 Å². The van der Waals surface area contributed by atoms with Gasteiger partial charge in [-0.25, -0.2) is 0 Å². The van der Waals surface area contributed by atoms with Crippen molar-refractivity contribution < 1.29 is 9.53 Å². The molecule has 29 heavy (non-hydrogen) atoms. The Hall–Kier alpha value is -2.66. The molecule has 152 valence electrons. The first-order chi connectivity index (χ1) is 13.7. The first-order valence-corrected chi connectivity index (χ1v) is 9.45. The standard InChI is InChI=1S/C19H18Cl3N5O2/c1-19(21,22)17(26-16(28)12-7-9-13(20)10-8-12)27-18(24-11-23)25-14-5-3-4-6-15(14)29-2/h3-10,17H,1-2H3,(H,26,28)(H2,24,25,27). The first-order valence-electron chi connectivity index (χ1n) is 8.32. The van der Waals surface area contributed by atoms with E-state index < -0.39 is 16.4 Å². The largest absolute Gasteiger partial charge is 0.495 e. The van der Waals surface area contributed by atoms with Crippen LogP contribution in [0.3, 0.4) is 0 Å². The summed E-state index contributed by atoms with van der Waals surface area (Å²) in [6.45, 7) is 1.49. The molecule has 0 radical (unpaired) electrons. The zero-order valence-electron chi connectivity index (χ0n) is 15.5. The average Bonchev–Trinajstić information content (AvgIpc) is 2.67.